The third kappa shape index (κ3) is 3.99. The molecule has 1 aliphatic rings. The summed E-state index contributed by atoms with van der Waals surface area (Å²) in [5.41, 5.74) is 2.13. The molecule has 1 fully saturated rings. The molecule has 1 saturated heterocycles. The van der Waals surface area contributed by atoms with Gasteiger partial charge < -0.3 is 14.6 Å². The first-order valence-corrected chi connectivity index (χ1v) is 12.4. The summed E-state index contributed by atoms with van der Waals surface area (Å²) < 4.78 is 31.2. The lowest BCUT2D eigenvalue weighted by Gasteiger charge is -2.15. The third-order valence-corrected chi connectivity index (χ3v) is 7.85. The number of imidazole rings is 1. The average molecular weight is 449 g/mol. The first kappa shape index (κ1) is 21.0. The number of hydrogen-bond acceptors (Lipinski definition) is 7. The molecule has 30 heavy (non-hydrogen) atoms. The van der Waals surface area contributed by atoms with Crippen LogP contribution >= 0.6 is 11.3 Å². The van der Waals surface area contributed by atoms with Crippen molar-refractivity contribution in [1.29, 1.82) is 0 Å². The predicted octanol–water partition coefficient (Wildman–Crippen LogP) is 2.59. The number of pyridine rings is 1. The fourth-order valence-corrected chi connectivity index (χ4v) is 6.33. The number of fused-ring (bicyclic) bond motifs is 1. The standard InChI is InChI=1S/C20H24N4O4S2/c1-12(10-28-3)21-20(25)19-18-16(9-15(23-19)17-5-4-7-29-17)24(13(2)22-18)14-6-8-30(26,27)11-14/h4-5,7,9,12,14H,6,8,10-11H2,1-3H3,(H,21,25). The molecule has 4 rings (SSSR count). The van der Waals surface area contributed by atoms with Crippen LogP contribution in [0.15, 0.2) is 23.6 Å². The molecular weight excluding hydrogens is 424 g/mol. The summed E-state index contributed by atoms with van der Waals surface area (Å²) in [6.45, 7) is 4.08. The van der Waals surface area contributed by atoms with Crippen molar-refractivity contribution in [2.24, 2.45) is 0 Å². The number of carbonyl (C=O) groups excluding carboxylic acids is 1. The molecule has 4 heterocycles. The van der Waals surface area contributed by atoms with Gasteiger partial charge in [0.25, 0.3) is 5.91 Å². The highest BCUT2D eigenvalue weighted by Crippen LogP contribution is 2.33. The van der Waals surface area contributed by atoms with E-state index < -0.39 is 9.84 Å². The van der Waals surface area contributed by atoms with Crippen molar-refractivity contribution >= 4 is 38.1 Å². The fraction of sp³-hybridized carbons (Fsp3) is 0.450. The lowest BCUT2D eigenvalue weighted by Crippen LogP contribution is -2.36. The number of hydrogen-bond donors (Lipinski definition) is 1. The lowest BCUT2D eigenvalue weighted by molar-refractivity contribution is 0.0902. The van der Waals surface area contributed by atoms with Crippen molar-refractivity contribution in [3.63, 3.8) is 0 Å². The quantitative estimate of drug-likeness (QED) is 0.622. The SMILES string of the molecule is COCC(C)NC(=O)c1nc(-c2cccs2)cc2c1nc(C)n2C1CCS(=O)(=O)C1. The van der Waals surface area contributed by atoms with Gasteiger partial charge in [-0.1, -0.05) is 6.07 Å². The van der Waals surface area contributed by atoms with Gasteiger partial charge in [-0.3, -0.25) is 4.79 Å². The third-order valence-electron chi connectivity index (χ3n) is 5.21. The van der Waals surface area contributed by atoms with Crippen LogP contribution in [-0.2, 0) is 14.6 Å². The molecule has 8 nitrogen and oxygen atoms in total. The summed E-state index contributed by atoms with van der Waals surface area (Å²) >= 11 is 1.53. The minimum absolute atomic E-state index is 0.0857. The normalized spacial score (nSPS) is 19.2. The molecule has 10 heteroatoms. The molecule has 3 aromatic heterocycles. The first-order valence-electron chi connectivity index (χ1n) is 9.72. The number of methoxy groups -OCH3 is 1. The number of aromatic nitrogens is 3. The van der Waals surface area contributed by atoms with Gasteiger partial charge in [-0.2, -0.15) is 0 Å². The molecule has 1 aliphatic heterocycles. The van der Waals surface area contributed by atoms with E-state index in [9.17, 15) is 13.2 Å². The van der Waals surface area contributed by atoms with Crippen molar-refractivity contribution < 1.29 is 17.9 Å². The monoisotopic (exact) mass is 448 g/mol. The maximum atomic E-state index is 13.0. The van der Waals surface area contributed by atoms with E-state index in [1.54, 1.807) is 7.11 Å². The van der Waals surface area contributed by atoms with Crippen LogP contribution < -0.4 is 5.32 Å². The Morgan fingerprint density at radius 3 is 2.87 bits per heavy atom. The van der Waals surface area contributed by atoms with Gasteiger partial charge >= 0.3 is 0 Å². The Kier molecular flexibility index (Phi) is 5.65. The zero-order chi connectivity index (χ0) is 21.5. The number of thiophene rings is 1. The highest BCUT2D eigenvalue weighted by atomic mass is 32.2. The largest absolute Gasteiger partial charge is 0.383 e. The maximum Gasteiger partial charge on any atom is 0.272 e. The van der Waals surface area contributed by atoms with E-state index in [0.29, 0.717) is 30.1 Å². The van der Waals surface area contributed by atoms with E-state index in [0.717, 1.165) is 10.4 Å². The number of rotatable bonds is 6. The number of aryl methyl sites for hydroxylation is 1. The van der Waals surface area contributed by atoms with Crippen molar-refractivity contribution in [2.75, 3.05) is 25.2 Å². The summed E-state index contributed by atoms with van der Waals surface area (Å²) in [5.74, 6) is 0.604. The Morgan fingerprint density at radius 1 is 1.43 bits per heavy atom. The van der Waals surface area contributed by atoms with Crippen LogP contribution in [0.25, 0.3) is 21.6 Å². The number of amides is 1. The highest BCUT2D eigenvalue weighted by Gasteiger charge is 2.32. The fourth-order valence-electron chi connectivity index (χ4n) is 3.94. The predicted molar refractivity (Wildman–Crippen MR) is 117 cm³/mol. The molecular formula is C20H24N4O4S2. The van der Waals surface area contributed by atoms with Gasteiger partial charge in [-0.05, 0) is 37.8 Å². The number of carbonyl (C=O) groups is 1. The molecule has 0 aromatic carbocycles. The Morgan fingerprint density at radius 2 is 2.23 bits per heavy atom. The van der Waals surface area contributed by atoms with E-state index >= 15 is 0 Å². The number of sulfone groups is 1. The second-order valence-electron chi connectivity index (χ2n) is 7.62. The molecule has 0 radical (unpaired) electrons. The van der Waals surface area contributed by atoms with Crippen LogP contribution in [0.3, 0.4) is 0 Å². The molecule has 0 saturated carbocycles. The Labute approximate surface area is 179 Å². The molecule has 1 N–H and O–H groups in total. The first-order chi connectivity index (χ1) is 14.3. The van der Waals surface area contributed by atoms with Gasteiger partial charge in [0.1, 0.15) is 11.3 Å². The molecule has 0 aliphatic carbocycles. The van der Waals surface area contributed by atoms with E-state index in [1.807, 2.05) is 42.0 Å². The van der Waals surface area contributed by atoms with Crippen LogP contribution in [-0.4, -0.2) is 60.1 Å². The molecule has 160 valence electrons. The number of nitrogens with one attached hydrogen (secondary N) is 1. The van der Waals surface area contributed by atoms with Gasteiger partial charge in [0.2, 0.25) is 0 Å². The summed E-state index contributed by atoms with van der Waals surface area (Å²) in [4.78, 5) is 23.2. The van der Waals surface area contributed by atoms with Gasteiger partial charge in [0, 0.05) is 13.2 Å². The van der Waals surface area contributed by atoms with Crippen LogP contribution in [0.4, 0.5) is 0 Å². The Bertz CT molecular complexity index is 1190. The highest BCUT2D eigenvalue weighted by molar-refractivity contribution is 7.91. The lowest BCUT2D eigenvalue weighted by atomic mass is 10.2. The Balaban J connectivity index is 1.86. The maximum absolute atomic E-state index is 13.0. The van der Waals surface area contributed by atoms with Crippen LogP contribution in [0.5, 0.6) is 0 Å². The molecule has 3 aromatic rings. The van der Waals surface area contributed by atoms with Crippen LogP contribution in [0.1, 0.15) is 35.7 Å². The van der Waals surface area contributed by atoms with Crippen LogP contribution in [0.2, 0.25) is 0 Å². The van der Waals surface area contributed by atoms with E-state index in [-0.39, 0.29) is 35.2 Å². The second-order valence-corrected chi connectivity index (χ2v) is 10.8. The van der Waals surface area contributed by atoms with E-state index in [4.69, 9.17) is 4.74 Å². The zero-order valence-corrected chi connectivity index (χ0v) is 18.7. The molecule has 0 spiro atoms. The van der Waals surface area contributed by atoms with E-state index in [1.165, 1.54) is 11.3 Å². The van der Waals surface area contributed by atoms with Crippen molar-refractivity contribution in [3.05, 3.63) is 35.1 Å². The minimum atomic E-state index is -3.06. The van der Waals surface area contributed by atoms with Crippen molar-refractivity contribution in [2.45, 2.75) is 32.4 Å². The summed E-state index contributed by atoms with van der Waals surface area (Å²) in [6, 6.07) is 5.40. The zero-order valence-electron chi connectivity index (χ0n) is 17.1. The van der Waals surface area contributed by atoms with E-state index in [2.05, 4.69) is 15.3 Å². The van der Waals surface area contributed by atoms with Gasteiger partial charge in [-0.25, -0.2) is 18.4 Å². The molecule has 2 unspecified atom stereocenters. The van der Waals surface area contributed by atoms with Crippen molar-refractivity contribution in [1.82, 2.24) is 19.9 Å². The van der Waals surface area contributed by atoms with Crippen LogP contribution in [0, 0.1) is 6.92 Å². The molecule has 0 bridgehead atoms. The minimum Gasteiger partial charge on any atom is -0.383 e. The van der Waals surface area contributed by atoms with Crippen molar-refractivity contribution in [3.8, 4) is 10.6 Å². The van der Waals surface area contributed by atoms with Gasteiger partial charge in [-0.15, -0.1) is 11.3 Å². The van der Waals surface area contributed by atoms with Gasteiger partial charge in [0.15, 0.2) is 15.5 Å². The molecule has 2 atom stereocenters. The van der Waals surface area contributed by atoms with Gasteiger partial charge in [0.05, 0.1) is 40.2 Å². The number of nitrogens with zero attached hydrogens (tertiary/aromatic N) is 3. The average Bonchev–Trinajstić information content (AvgIpc) is 3.39. The Hall–Kier alpha value is -2.30. The summed E-state index contributed by atoms with van der Waals surface area (Å²) in [6.07, 6.45) is 0.539. The summed E-state index contributed by atoms with van der Waals surface area (Å²) in [5, 5.41) is 4.86. The smallest absolute Gasteiger partial charge is 0.272 e. The second kappa shape index (κ2) is 8.09. The number of ether oxygens (including phenoxy) is 1. The molecule has 1 amide bonds. The topological polar surface area (TPSA) is 103 Å². The summed E-state index contributed by atoms with van der Waals surface area (Å²) in [7, 11) is -1.48.